The average molecular weight is 279 g/mol. The van der Waals surface area contributed by atoms with E-state index in [9.17, 15) is 9.59 Å². The van der Waals surface area contributed by atoms with E-state index >= 15 is 0 Å². The van der Waals surface area contributed by atoms with Crippen molar-refractivity contribution < 1.29 is 9.59 Å². The van der Waals surface area contributed by atoms with Gasteiger partial charge in [-0.1, -0.05) is 0 Å². The summed E-state index contributed by atoms with van der Waals surface area (Å²) >= 11 is 0. The molecule has 0 aromatic heterocycles. The van der Waals surface area contributed by atoms with Gasteiger partial charge in [0.15, 0.2) is 0 Å². The van der Waals surface area contributed by atoms with E-state index in [1.54, 1.807) is 0 Å². The Balaban J connectivity index is 0.00000289. The zero-order chi connectivity index (χ0) is 12.7. The van der Waals surface area contributed by atoms with Gasteiger partial charge in [0, 0.05) is 13.0 Å². The minimum atomic E-state index is -0.775. The van der Waals surface area contributed by atoms with Crippen molar-refractivity contribution in [3.8, 4) is 0 Å². The molecule has 18 heavy (non-hydrogen) atoms. The zero-order valence-corrected chi connectivity index (χ0v) is 11.6. The summed E-state index contributed by atoms with van der Waals surface area (Å²) in [5, 5.41) is 5.26. The lowest BCUT2D eigenvalue weighted by molar-refractivity contribution is -0.120. The molecule has 0 aromatic carbocycles. The molecule has 1 aliphatic heterocycles. The molecular formula is C11H23ClN4O2. The summed E-state index contributed by atoms with van der Waals surface area (Å²) < 4.78 is 0. The fourth-order valence-electron chi connectivity index (χ4n) is 2.16. The van der Waals surface area contributed by atoms with E-state index in [1.807, 2.05) is 7.05 Å². The quantitative estimate of drug-likeness (QED) is 0.657. The molecule has 0 bridgehead atoms. The second-order valence-corrected chi connectivity index (χ2v) is 4.51. The highest BCUT2D eigenvalue weighted by molar-refractivity contribution is 5.93. The summed E-state index contributed by atoms with van der Waals surface area (Å²) in [6, 6.07) is -0.775. The monoisotopic (exact) mass is 278 g/mol. The number of hydrogen-bond acceptors (Lipinski definition) is 4. The molecular weight excluding hydrogens is 256 g/mol. The zero-order valence-electron chi connectivity index (χ0n) is 10.8. The van der Waals surface area contributed by atoms with Crippen molar-refractivity contribution >= 4 is 24.3 Å². The van der Waals surface area contributed by atoms with Gasteiger partial charge in [-0.25, -0.2) is 4.79 Å². The van der Waals surface area contributed by atoms with Crippen molar-refractivity contribution in [3.63, 3.8) is 0 Å². The van der Waals surface area contributed by atoms with E-state index in [4.69, 9.17) is 5.73 Å². The van der Waals surface area contributed by atoms with E-state index in [1.165, 1.54) is 0 Å². The second kappa shape index (κ2) is 9.13. The Bertz CT molecular complexity index is 268. The maximum atomic E-state index is 11.2. The van der Waals surface area contributed by atoms with Crippen molar-refractivity contribution in [1.82, 2.24) is 15.5 Å². The van der Waals surface area contributed by atoms with Crippen LogP contribution in [0.5, 0.6) is 0 Å². The topological polar surface area (TPSA) is 87.5 Å². The molecule has 1 rings (SSSR count). The number of hydrogen-bond donors (Lipinski definition) is 3. The lowest BCUT2D eigenvalue weighted by Crippen LogP contribution is -2.40. The van der Waals surface area contributed by atoms with Gasteiger partial charge in [0.05, 0.1) is 0 Å². The van der Waals surface area contributed by atoms with Gasteiger partial charge in [-0.15, -0.1) is 12.4 Å². The molecule has 1 aliphatic rings. The maximum Gasteiger partial charge on any atom is 0.318 e. The van der Waals surface area contributed by atoms with Crippen LogP contribution < -0.4 is 16.4 Å². The van der Waals surface area contributed by atoms with Gasteiger partial charge in [-0.3, -0.25) is 10.1 Å². The Labute approximate surface area is 114 Å². The minimum absolute atomic E-state index is 0. The molecule has 4 N–H and O–H groups in total. The first-order chi connectivity index (χ1) is 8.11. The van der Waals surface area contributed by atoms with E-state index in [-0.39, 0.29) is 18.3 Å². The molecule has 6 nitrogen and oxygen atoms in total. The standard InChI is InChI=1S/C11H22N4O2.ClH/c1-13-8-9-2-5-15(6-3-9)7-4-10(16)14-11(12)17;/h9,13H,2-8H2,1H3,(H3,12,14,16,17);1H. The van der Waals surface area contributed by atoms with Crippen LogP contribution in [0.3, 0.4) is 0 Å². The number of nitrogens with zero attached hydrogens (tertiary/aromatic N) is 1. The molecule has 1 saturated heterocycles. The molecule has 0 saturated carbocycles. The summed E-state index contributed by atoms with van der Waals surface area (Å²) in [6.45, 7) is 3.81. The molecule has 7 heteroatoms. The molecule has 0 unspecified atom stereocenters. The number of carbonyl (C=O) groups excluding carboxylic acids is 2. The number of rotatable bonds is 5. The SMILES string of the molecule is CNCC1CCN(CCC(=O)NC(N)=O)CC1.Cl. The number of urea groups is 1. The first-order valence-electron chi connectivity index (χ1n) is 6.08. The largest absolute Gasteiger partial charge is 0.351 e. The van der Waals surface area contributed by atoms with Crippen LogP contribution in [-0.2, 0) is 4.79 Å². The highest BCUT2D eigenvalue weighted by Gasteiger charge is 2.18. The van der Waals surface area contributed by atoms with Crippen LogP contribution in [0.2, 0.25) is 0 Å². The molecule has 0 aliphatic carbocycles. The molecule has 0 aromatic rings. The third-order valence-corrected chi connectivity index (χ3v) is 3.12. The third-order valence-electron chi connectivity index (χ3n) is 3.12. The summed E-state index contributed by atoms with van der Waals surface area (Å²) in [5.74, 6) is 0.450. The Morgan fingerprint density at radius 1 is 1.33 bits per heavy atom. The lowest BCUT2D eigenvalue weighted by Gasteiger charge is -2.31. The fourth-order valence-corrected chi connectivity index (χ4v) is 2.16. The molecule has 3 amide bonds. The summed E-state index contributed by atoms with van der Waals surface area (Å²) in [4.78, 5) is 23.9. The van der Waals surface area contributed by atoms with Gasteiger partial charge in [0.2, 0.25) is 5.91 Å². The van der Waals surface area contributed by atoms with Gasteiger partial charge in [0.1, 0.15) is 0 Å². The lowest BCUT2D eigenvalue weighted by atomic mass is 9.97. The summed E-state index contributed by atoms with van der Waals surface area (Å²) in [5.41, 5.74) is 4.86. The van der Waals surface area contributed by atoms with Crippen LogP contribution >= 0.6 is 12.4 Å². The first-order valence-corrected chi connectivity index (χ1v) is 6.08. The van der Waals surface area contributed by atoms with Crippen LogP contribution in [-0.4, -0.2) is 50.1 Å². The number of halogens is 1. The number of nitrogens with two attached hydrogens (primary N) is 1. The number of carbonyl (C=O) groups is 2. The number of piperidine rings is 1. The predicted molar refractivity (Wildman–Crippen MR) is 72.7 cm³/mol. The van der Waals surface area contributed by atoms with Crippen LogP contribution in [0.1, 0.15) is 19.3 Å². The smallest absolute Gasteiger partial charge is 0.318 e. The number of nitrogens with one attached hydrogen (secondary N) is 2. The average Bonchev–Trinajstić information content (AvgIpc) is 2.28. The first kappa shape index (κ1) is 17.2. The highest BCUT2D eigenvalue weighted by Crippen LogP contribution is 2.16. The number of likely N-dealkylation sites (tertiary alicyclic amines) is 1. The van der Waals surface area contributed by atoms with Gasteiger partial charge in [-0.05, 0) is 45.4 Å². The number of amides is 3. The molecule has 0 spiro atoms. The van der Waals surface area contributed by atoms with Gasteiger partial charge >= 0.3 is 6.03 Å². The van der Waals surface area contributed by atoms with Gasteiger partial charge in [0.25, 0.3) is 0 Å². The molecule has 0 radical (unpaired) electrons. The Morgan fingerprint density at radius 2 is 1.94 bits per heavy atom. The third kappa shape index (κ3) is 6.78. The van der Waals surface area contributed by atoms with Crippen LogP contribution in [0.4, 0.5) is 4.79 Å². The van der Waals surface area contributed by atoms with E-state index < -0.39 is 6.03 Å². The van der Waals surface area contributed by atoms with Crippen molar-refractivity contribution in [2.75, 3.05) is 33.2 Å². The summed E-state index contributed by atoms with van der Waals surface area (Å²) in [6.07, 6.45) is 2.66. The minimum Gasteiger partial charge on any atom is -0.351 e. The van der Waals surface area contributed by atoms with Crippen molar-refractivity contribution in [3.05, 3.63) is 0 Å². The molecule has 1 heterocycles. The molecule has 0 atom stereocenters. The number of primary amides is 1. The highest BCUT2D eigenvalue weighted by atomic mass is 35.5. The van der Waals surface area contributed by atoms with Crippen LogP contribution in [0.25, 0.3) is 0 Å². The van der Waals surface area contributed by atoms with Crippen molar-refractivity contribution in [1.29, 1.82) is 0 Å². The normalized spacial score (nSPS) is 16.9. The maximum absolute atomic E-state index is 11.2. The van der Waals surface area contributed by atoms with Crippen molar-refractivity contribution in [2.24, 2.45) is 11.7 Å². The fraction of sp³-hybridized carbons (Fsp3) is 0.818. The predicted octanol–water partition coefficient (Wildman–Crippen LogP) is -0.0754. The summed E-state index contributed by atoms with van der Waals surface area (Å²) in [7, 11) is 1.97. The number of imide groups is 1. The van der Waals surface area contributed by atoms with Crippen LogP contribution in [0, 0.1) is 5.92 Å². The van der Waals surface area contributed by atoms with Crippen LogP contribution in [0.15, 0.2) is 0 Å². The Morgan fingerprint density at radius 3 is 2.44 bits per heavy atom. The van der Waals surface area contributed by atoms with E-state index in [2.05, 4.69) is 15.5 Å². The molecule has 1 fully saturated rings. The van der Waals surface area contributed by atoms with E-state index in [0.29, 0.717) is 13.0 Å². The Hall–Kier alpha value is -0.850. The van der Waals surface area contributed by atoms with Gasteiger partial charge < -0.3 is 16.0 Å². The van der Waals surface area contributed by atoms with E-state index in [0.717, 1.165) is 38.4 Å². The second-order valence-electron chi connectivity index (χ2n) is 4.51. The molecule has 106 valence electrons. The van der Waals surface area contributed by atoms with Gasteiger partial charge in [-0.2, -0.15) is 0 Å². The van der Waals surface area contributed by atoms with Crippen molar-refractivity contribution in [2.45, 2.75) is 19.3 Å². The Kier molecular flexibility index (Phi) is 8.70.